The molecule has 1 fully saturated rings. The summed E-state index contributed by atoms with van der Waals surface area (Å²) in [5, 5.41) is 6.07. The predicted octanol–water partition coefficient (Wildman–Crippen LogP) is 4.90. The second kappa shape index (κ2) is 10.1. The molecule has 1 heterocycles. The van der Waals surface area contributed by atoms with E-state index in [-0.39, 0.29) is 18.0 Å². The minimum Gasteiger partial charge on any atom is -0.350 e. The standard InChI is InChI=1S/C24H31N3O2/c1-18-8-6-12-22(16-18)26-24(29)27-15-7-9-20(17-27)13-14-23(28)25-19(2)21-10-4-3-5-11-21/h3-6,8,10-12,16,19-20H,7,9,13-15,17H2,1-2H3,(H,25,28)(H,26,29)/t19-,20-/m0/s1. The van der Waals surface area contributed by atoms with Crippen molar-refractivity contribution in [2.75, 3.05) is 18.4 Å². The van der Waals surface area contributed by atoms with Gasteiger partial charge >= 0.3 is 6.03 Å². The number of hydrogen-bond acceptors (Lipinski definition) is 2. The smallest absolute Gasteiger partial charge is 0.321 e. The molecule has 0 saturated carbocycles. The van der Waals surface area contributed by atoms with Gasteiger partial charge in [-0.1, -0.05) is 42.5 Å². The molecule has 0 bridgehead atoms. The SMILES string of the molecule is Cc1cccc(NC(=O)N2CCC[C@@H](CCC(=O)N[C@@H](C)c3ccccc3)C2)c1. The summed E-state index contributed by atoms with van der Waals surface area (Å²) in [6.07, 6.45) is 3.35. The van der Waals surface area contributed by atoms with Gasteiger partial charge in [-0.2, -0.15) is 0 Å². The Labute approximate surface area is 173 Å². The van der Waals surface area contributed by atoms with Gasteiger partial charge in [0, 0.05) is 25.2 Å². The number of likely N-dealkylation sites (tertiary alicyclic amines) is 1. The van der Waals surface area contributed by atoms with E-state index < -0.39 is 0 Å². The first-order valence-corrected chi connectivity index (χ1v) is 10.5. The Kier molecular flexibility index (Phi) is 7.28. The van der Waals surface area contributed by atoms with Gasteiger partial charge in [-0.15, -0.1) is 0 Å². The molecule has 1 aliphatic rings. The number of amides is 3. The first kappa shape index (κ1) is 20.9. The molecule has 2 atom stereocenters. The lowest BCUT2D eigenvalue weighted by atomic mass is 9.93. The largest absolute Gasteiger partial charge is 0.350 e. The second-order valence-corrected chi connectivity index (χ2v) is 7.99. The molecule has 0 aliphatic carbocycles. The normalized spacial score (nSPS) is 17.4. The Bertz CT molecular complexity index is 822. The summed E-state index contributed by atoms with van der Waals surface area (Å²) in [7, 11) is 0. The van der Waals surface area contributed by atoms with Crippen molar-refractivity contribution in [2.24, 2.45) is 5.92 Å². The van der Waals surface area contributed by atoms with E-state index in [0.717, 1.165) is 42.6 Å². The third-order valence-corrected chi connectivity index (χ3v) is 5.53. The van der Waals surface area contributed by atoms with Gasteiger partial charge in [0.2, 0.25) is 5.91 Å². The van der Waals surface area contributed by atoms with E-state index in [9.17, 15) is 9.59 Å². The van der Waals surface area contributed by atoms with Crippen molar-refractivity contribution in [3.05, 3.63) is 65.7 Å². The van der Waals surface area contributed by atoms with E-state index in [4.69, 9.17) is 0 Å². The van der Waals surface area contributed by atoms with Gasteiger partial charge in [-0.05, 0) is 62.3 Å². The summed E-state index contributed by atoms with van der Waals surface area (Å²) >= 11 is 0. The topological polar surface area (TPSA) is 61.4 Å². The van der Waals surface area contributed by atoms with Gasteiger partial charge in [0.25, 0.3) is 0 Å². The van der Waals surface area contributed by atoms with Crippen LogP contribution in [0.15, 0.2) is 54.6 Å². The molecule has 0 spiro atoms. The number of carbonyl (C=O) groups excluding carboxylic acids is 2. The van der Waals surface area contributed by atoms with Crippen molar-refractivity contribution >= 4 is 17.6 Å². The molecule has 5 nitrogen and oxygen atoms in total. The number of carbonyl (C=O) groups is 2. The van der Waals surface area contributed by atoms with Crippen LogP contribution in [-0.2, 0) is 4.79 Å². The monoisotopic (exact) mass is 393 g/mol. The molecule has 2 aromatic carbocycles. The first-order chi connectivity index (χ1) is 14.0. The lowest BCUT2D eigenvalue weighted by Gasteiger charge is -2.32. The fraction of sp³-hybridized carbons (Fsp3) is 0.417. The van der Waals surface area contributed by atoms with Gasteiger partial charge in [0.1, 0.15) is 0 Å². The average molecular weight is 394 g/mol. The third-order valence-electron chi connectivity index (χ3n) is 5.53. The first-order valence-electron chi connectivity index (χ1n) is 10.5. The predicted molar refractivity (Wildman–Crippen MR) is 117 cm³/mol. The van der Waals surface area contributed by atoms with Crippen molar-refractivity contribution in [1.29, 1.82) is 0 Å². The van der Waals surface area contributed by atoms with Crippen LogP contribution in [0, 0.1) is 12.8 Å². The highest BCUT2D eigenvalue weighted by Gasteiger charge is 2.24. The Balaban J connectivity index is 1.44. The zero-order valence-electron chi connectivity index (χ0n) is 17.4. The fourth-order valence-corrected chi connectivity index (χ4v) is 3.88. The number of rotatable bonds is 6. The zero-order valence-corrected chi connectivity index (χ0v) is 17.4. The van der Waals surface area contributed by atoms with E-state index in [2.05, 4.69) is 10.6 Å². The molecule has 154 valence electrons. The van der Waals surface area contributed by atoms with E-state index >= 15 is 0 Å². The molecule has 2 N–H and O–H groups in total. The zero-order chi connectivity index (χ0) is 20.6. The van der Waals surface area contributed by atoms with Crippen LogP contribution in [0.4, 0.5) is 10.5 Å². The molecular weight excluding hydrogens is 362 g/mol. The van der Waals surface area contributed by atoms with Crippen molar-refractivity contribution in [3.63, 3.8) is 0 Å². The molecule has 1 saturated heterocycles. The van der Waals surface area contributed by atoms with Gasteiger partial charge < -0.3 is 15.5 Å². The van der Waals surface area contributed by atoms with Crippen LogP contribution in [0.3, 0.4) is 0 Å². The van der Waals surface area contributed by atoms with E-state index in [1.54, 1.807) is 0 Å². The van der Waals surface area contributed by atoms with Crippen molar-refractivity contribution in [2.45, 2.75) is 45.6 Å². The molecule has 0 aromatic heterocycles. The van der Waals surface area contributed by atoms with Gasteiger partial charge in [0.15, 0.2) is 0 Å². The average Bonchev–Trinajstić information content (AvgIpc) is 2.73. The highest BCUT2D eigenvalue weighted by Crippen LogP contribution is 2.22. The number of urea groups is 1. The van der Waals surface area contributed by atoms with Crippen molar-refractivity contribution < 1.29 is 9.59 Å². The summed E-state index contributed by atoms with van der Waals surface area (Å²) in [6, 6.07) is 17.8. The Morgan fingerprint density at radius 2 is 1.93 bits per heavy atom. The quantitative estimate of drug-likeness (QED) is 0.733. The van der Waals surface area contributed by atoms with Crippen LogP contribution in [0.2, 0.25) is 0 Å². The highest BCUT2D eigenvalue weighted by atomic mass is 16.2. The maximum absolute atomic E-state index is 12.6. The Morgan fingerprint density at radius 3 is 2.69 bits per heavy atom. The second-order valence-electron chi connectivity index (χ2n) is 7.99. The molecule has 2 aromatic rings. The van der Waals surface area contributed by atoms with Crippen LogP contribution in [-0.4, -0.2) is 29.9 Å². The fourth-order valence-electron chi connectivity index (χ4n) is 3.88. The molecular formula is C24H31N3O2. The maximum atomic E-state index is 12.6. The number of nitrogens with zero attached hydrogens (tertiary/aromatic N) is 1. The van der Waals surface area contributed by atoms with Gasteiger partial charge in [-0.25, -0.2) is 4.79 Å². The number of nitrogens with one attached hydrogen (secondary N) is 2. The van der Waals surface area contributed by atoms with Crippen molar-refractivity contribution in [1.82, 2.24) is 10.2 Å². The minimum atomic E-state index is -0.0533. The number of piperidine rings is 1. The molecule has 0 unspecified atom stereocenters. The Hall–Kier alpha value is -2.82. The minimum absolute atomic E-state index is 0.00617. The molecule has 29 heavy (non-hydrogen) atoms. The van der Waals surface area contributed by atoms with E-state index in [0.29, 0.717) is 18.9 Å². The van der Waals surface area contributed by atoms with Crippen LogP contribution in [0.25, 0.3) is 0 Å². The number of benzene rings is 2. The van der Waals surface area contributed by atoms with Crippen molar-refractivity contribution in [3.8, 4) is 0 Å². The van der Waals surface area contributed by atoms with Crippen LogP contribution >= 0.6 is 0 Å². The van der Waals surface area contributed by atoms with Gasteiger partial charge in [-0.3, -0.25) is 4.79 Å². The molecule has 3 rings (SSSR count). The third kappa shape index (κ3) is 6.34. The maximum Gasteiger partial charge on any atom is 0.321 e. The number of aryl methyl sites for hydroxylation is 1. The van der Waals surface area contributed by atoms with Crippen LogP contribution < -0.4 is 10.6 Å². The van der Waals surface area contributed by atoms with Crippen LogP contribution in [0.1, 0.15) is 49.8 Å². The molecule has 5 heteroatoms. The summed E-state index contributed by atoms with van der Waals surface area (Å²) < 4.78 is 0. The number of hydrogen-bond donors (Lipinski definition) is 2. The van der Waals surface area contributed by atoms with E-state index in [1.165, 1.54) is 0 Å². The summed E-state index contributed by atoms with van der Waals surface area (Å²) in [6.45, 7) is 5.49. The number of anilines is 1. The Morgan fingerprint density at radius 1 is 1.14 bits per heavy atom. The molecule has 0 radical (unpaired) electrons. The lowest BCUT2D eigenvalue weighted by Crippen LogP contribution is -2.42. The molecule has 1 aliphatic heterocycles. The highest BCUT2D eigenvalue weighted by molar-refractivity contribution is 5.89. The van der Waals surface area contributed by atoms with Gasteiger partial charge in [0.05, 0.1) is 6.04 Å². The summed E-state index contributed by atoms with van der Waals surface area (Å²) in [5.74, 6) is 0.437. The summed E-state index contributed by atoms with van der Waals surface area (Å²) in [5.41, 5.74) is 3.05. The van der Waals surface area contributed by atoms with Crippen LogP contribution in [0.5, 0.6) is 0 Å². The van der Waals surface area contributed by atoms with E-state index in [1.807, 2.05) is 73.3 Å². The molecule has 3 amide bonds. The summed E-state index contributed by atoms with van der Waals surface area (Å²) in [4.78, 5) is 26.8. The lowest BCUT2D eigenvalue weighted by molar-refractivity contribution is -0.122.